The van der Waals surface area contributed by atoms with Crippen LogP contribution in [0.5, 0.6) is 5.75 Å². The Hall–Kier alpha value is -1.77. The molecule has 0 amide bonds. The largest absolute Gasteiger partial charge is 0.495 e. The van der Waals surface area contributed by atoms with Crippen molar-refractivity contribution in [3.05, 3.63) is 46.4 Å². The Morgan fingerprint density at radius 1 is 1.14 bits per heavy atom. The lowest BCUT2D eigenvalue weighted by Gasteiger charge is -2.38. The zero-order valence-corrected chi connectivity index (χ0v) is 18.9. The number of halogens is 1. The van der Waals surface area contributed by atoms with Crippen LogP contribution >= 0.6 is 15.9 Å². The van der Waals surface area contributed by atoms with E-state index in [2.05, 4.69) is 44.7 Å². The van der Waals surface area contributed by atoms with Crippen molar-refractivity contribution in [3.63, 3.8) is 0 Å². The van der Waals surface area contributed by atoms with Gasteiger partial charge in [-0.2, -0.15) is 0 Å². The molecule has 1 aliphatic rings. The lowest BCUT2D eigenvalue weighted by Crippen LogP contribution is -2.54. The third-order valence-corrected chi connectivity index (χ3v) is 7.04. The van der Waals surface area contributed by atoms with Crippen LogP contribution in [0.4, 0.5) is 11.4 Å². The van der Waals surface area contributed by atoms with E-state index in [1.807, 2.05) is 13.0 Å². The first-order chi connectivity index (χ1) is 13.2. The van der Waals surface area contributed by atoms with Gasteiger partial charge >= 0.3 is 0 Å². The predicted molar refractivity (Wildman–Crippen MR) is 117 cm³/mol. The van der Waals surface area contributed by atoms with Gasteiger partial charge in [0.15, 0.2) is 0 Å². The number of hydrogen-bond acceptors (Lipinski definition) is 5. The van der Waals surface area contributed by atoms with Gasteiger partial charge in [-0.05, 0) is 62.7 Å². The van der Waals surface area contributed by atoms with Crippen molar-refractivity contribution in [1.29, 1.82) is 0 Å². The third-order valence-electron chi connectivity index (χ3n) is 4.77. The fourth-order valence-electron chi connectivity index (χ4n) is 3.52. The van der Waals surface area contributed by atoms with Crippen molar-refractivity contribution in [2.75, 3.05) is 29.8 Å². The minimum atomic E-state index is -3.68. The molecule has 8 heteroatoms. The number of hydrogen-bond donors (Lipinski definition) is 2. The number of sulfonamides is 1. The molecule has 0 spiro atoms. The molecule has 1 fully saturated rings. The Bertz CT molecular complexity index is 955. The van der Waals surface area contributed by atoms with Gasteiger partial charge in [0, 0.05) is 29.6 Å². The summed E-state index contributed by atoms with van der Waals surface area (Å²) in [5.74, 6) is 0.726. The zero-order valence-electron chi connectivity index (χ0n) is 16.5. The first-order valence-electron chi connectivity index (χ1n) is 9.17. The monoisotopic (exact) mass is 467 g/mol. The maximum atomic E-state index is 12.8. The maximum absolute atomic E-state index is 12.8. The normalized spacial score (nSPS) is 20.1. The maximum Gasteiger partial charge on any atom is 0.261 e. The van der Waals surface area contributed by atoms with E-state index < -0.39 is 10.0 Å². The van der Waals surface area contributed by atoms with Gasteiger partial charge in [-0.3, -0.25) is 4.72 Å². The summed E-state index contributed by atoms with van der Waals surface area (Å²) in [6.07, 6.45) is 0. The fraction of sp³-hybridized carbons (Fsp3) is 0.400. The molecule has 2 unspecified atom stereocenters. The van der Waals surface area contributed by atoms with E-state index in [0.717, 1.165) is 34.6 Å². The van der Waals surface area contributed by atoms with Crippen molar-refractivity contribution in [3.8, 4) is 5.75 Å². The highest BCUT2D eigenvalue weighted by atomic mass is 79.9. The number of nitrogens with zero attached hydrogens (tertiary/aromatic N) is 1. The van der Waals surface area contributed by atoms with Crippen LogP contribution in [0.1, 0.15) is 19.4 Å². The van der Waals surface area contributed by atoms with Crippen LogP contribution in [0, 0.1) is 6.92 Å². The van der Waals surface area contributed by atoms with E-state index in [4.69, 9.17) is 4.74 Å². The highest BCUT2D eigenvalue weighted by Crippen LogP contribution is 2.33. The summed E-state index contributed by atoms with van der Waals surface area (Å²) in [5.41, 5.74) is 2.26. The summed E-state index contributed by atoms with van der Waals surface area (Å²) in [5, 5.41) is 3.50. The standard InChI is InChI=1S/C20H26BrN3O3S/c1-13-9-17(6-7-18(13)21)28(25,26)23-16-5-8-20(27-4)19(10-16)24-11-14(2)22-15(3)12-24/h5-10,14-15,22-23H,11-12H2,1-4H3. The average molecular weight is 468 g/mol. The molecule has 6 nitrogen and oxygen atoms in total. The molecule has 28 heavy (non-hydrogen) atoms. The molecular formula is C20H26BrN3O3S. The molecule has 1 aliphatic heterocycles. The molecule has 0 saturated carbocycles. The quantitative estimate of drug-likeness (QED) is 0.700. The number of anilines is 2. The average Bonchev–Trinajstić information content (AvgIpc) is 2.62. The first kappa shape index (κ1) is 21.0. The van der Waals surface area contributed by atoms with E-state index >= 15 is 0 Å². The van der Waals surface area contributed by atoms with Crippen LogP contribution in [0.3, 0.4) is 0 Å². The highest BCUT2D eigenvalue weighted by molar-refractivity contribution is 9.10. The van der Waals surface area contributed by atoms with E-state index in [1.165, 1.54) is 0 Å². The zero-order chi connectivity index (χ0) is 20.5. The number of methoxy groups -OCH3 is 1. The second kappa shape index (κ2) is 8.31. The van der Waals surface area contributed by atoms with Crippen molar-refractivity contribution in [2.45, 2.75) is 37.8 Å². The molecule has 0 aliphatic carbocycles. The SMILES string of the molecule is COc1ccc(NS(=O)(=O)c2ccc(Br)c(C)c2)cc1N1CC(C)NC(C)C1. The van der Waals surface area contributed by atoms with Crippen LogP contribution in [0.25, 0.3) is 0 Å². The number of nitrogens with one attached hydrogen (secondary N) is 2. The van der Waals surface area contributed by atoms with E-state index in [0.29, 0.717) is 17.8 Å². The highest BCUT2D eigenvalue weighted by Gasteiger charge is 2.24. The lowest BCUT2D eigenvalue weighted by molar-refractivity contribution is 0.391. The fourth-order valence-corrected chi connectivity index (χ4v) is 4.90. The van der Waals surface area contributed by atoms with Crippen LogP contribution < -0.4 is 19.7 Å². The van der Waals surface area contributed by atoms with Gasteiger partial charge in [-0.15, -0.1) is 0 Å². The summed E-state index contributed by atoms with van der Waals surface area (Å²) >= 11 is 3.40. The first-order valence-corrected chi connectivity index (χ1v) is 11.4. The molecule has 0 aromatic heterocycles. The minimum absolute atomic E-state index is 0.231. The van der Waals surface area contributed by atoms with Crippen molar-refractivity contribution in [1.82, 2.24) is 5.32 Å². The van der Waals surface area contributed by atoms with Crippen LogP contribution in [-0.2, 0) is 10.0 Å². The van der Waals surface area contributed by atoms with Gasteiger partial charge in [0.25, 0.3) is 10.0 Å². The van der Waals surface area contributed by atoms with Gasteiger partial charge in [0.05, 0.1) is 23.4 Å². The summed E-state index contributed by atoms with van der Waals surface area (Å²) in [6.45, 7) is 7.78. The summed E-state index contributed by atoms with van der Waals surface area (Å²) in [7, 11) is -2.06. The topological polar surface area (TPSA) is 70.7 Å². The second-order valence-electron chi connectivity index (χ2n) is 7.28. The number of ether oxygens (including phenoxy) is 1. The molecule has 0 radical (unpaired) electrons. The number of aryl methyl sites for hydroxylation is 1. The smallest absolute Gasteiger partial charge is 0.261 e. The van der Waals surface area contributed by atoms with Crippen LogP contribution in [-0.4, -0.2) is 40.7 Å². The minimum Gasteiger partial charge on any atom is -0.495 e. The molecule has 0 bridgehead atoms. The lowest BCUT2D eigenvalue weighted by atomic mass is 10.1. The summed E-state index contributed by atoms with van der Waals surface area (Å²) < 4.78 is 34.8. The second-order valence-corrected chi connectivity index (χ2v) is 9.81. The molecule has 3 rings (SSSR count). The number of piperazine rings is 1. The third kappa shape index (κ3) is 4.61. The Morgan fingerprint density at radius 3 is 2.43 bits per heavy atom. The molecule has 1 heterocycles. The van der Waals surface area contributed by atoms with E-state index in [-0.39, 0.29) is 4.90 Å². The van der Waals surface area contributed by atoms with Gasteiger partial charge in [0.1, 0.15) is 5.75 Å². The van der Waals surface area contributed by atoms with Gasteiger partial charge in [0.2, 0.25) is 0 Å². The summed E-state index contributed by atoms with van der Waals surface area (Å²) in [6, 6.07) is 11.0. The van der Waals surface area contributed by atoms with Crippen LogP contribution in [0.2, 0.25) is 0 Å². The number of benzene rings is 2. The van der Waals surface area contributed by atoms with Crippen molar-refractivity contribution < 1.29 is 13.2 Å². The number of rotatable bonds is 5. The van der Waals surface area contributed by atoms with Crippen molar-refractivity contribution in [2.24, 2.45) is 0 Å². The van der Waals surface area contributed by atoms with Gasteiger partial charge < -0.3 is 15.0 Å². The molecule has 2 aromatic carbocycles. The van der Waals surface area contributed by atoms with E-state index in [1.54, 1.807) is 37.4 Å². The Morgan fingerprint density at radius 2 is 1.82 bits per heavy atom. The molecule has 152 valence electrons. The molecule has 2 N–H and O–H groups in total. The van der Waals surface area contributed by atoms with E-state index in [9.17, 15) is 8.42 Å². The van der Waals surface area contributed by atoms with Gasteiger partial charge in [-0.1, -0.05) is 15.9 Å². The molecule has 2 aromatic rings. The molecular weight excluding hydrogens is 442 g/mol. The Labute approximate surface area is 175 Å². The summed E-state index contributed by atoms with van der Waals surface area (Å²) in [4.78, 5) is 2.46. The van der Waals surface area contributed by atoms with Gasteiger partial charge in [-0.25, -0.2) is 8.42 Å². The van der Waals surface area contributed by atoms with Crippen LogP contribution in [0.15, 0.2) is 45.8 Å². The molecule has 2 atom stereocenters. The van der Waals surface area contributed by atoms with Crippen molar-refractivity contribution >= 4 is 37.3 Å². The Balaban J connectivity index is 1.91. The Kier molecular flexibility index (Phi) is 6.21. The predicted octanol–water partition coefficient (Wildman–Crippen LogP) is 3.75. The molecule has 1 saturated heterocycles.